The van der Waals surface area contributed by atoms with E-state index in [1.54, 1.807) is 0 Å². The van der Waals surface area contributed by atoms with Crippen LogP contribution in [-0.4, -0.2) is 67.6 Å². The Morgan fingerprint density at radius 1 is 1.50 bits per heavy atom. The van der Waals surface area contributed by atoms with Crippen molar-refractivity contribution >= 4 is 5.91 Å². The summed E-state index contributed by atoms with van der Waals surface area (Å²) in [5.74, 6) is 0.0857. The molecule has 1 heterocycles. The molecule has 16 heavy (non-hydrogen) atoms. The Morgan fingerprint density at radius 3 is 2.81 bits per heavy atom. The molecule has 0 aromatic rings. The van der Waals surface area contributed by atoms with Gasteiger partial charge in [0.2, 0.25) is 5.91 Å². The van der Waals surface area contributed by atoms with Crippen molar-refractivity contribution in [3.8, 4) is 0 Å². The topological polar surface area (TPSA) is 61.6 Å². The molecular weight excluding hydrogens is 204 g/mol. The predicted octanol–water partition coefficient (Wildman–Crippen LogP) is -0.913. The normalized spacial score (nSPS) is 23.3. The Hall–Kier alpha value is -0.650. The molecule has 1 amide bonds. The molecule has 0 radical (unpaired) electrons. The fourth-order valence-electron chi connectivity index (χ4n) is 2.15. The van der Waals surface area contributed by atoms with Gasteiger partial charge in [0.05, 0.1) is 6.54 Å². The van der Waals surface area contributed by atoms with E-state index in [0.29, 0.717) is 25.7 Å². The zero-order valence-corrected chi connectivity index (χ0v) is 10.4. The Kier molecular flexibility index (Phi) is 5.73. The van der Waals surface area contributed by atoms with E-state index in [4.69, 9.17) is 5.73 Å². The zero-order valence-electron chi connectivity index (χ0n) is 10.4. The molecule has 0 saturated carbocycles. The third-order valence-electron chi connectivity index (χ3n) is 3.09. The standard InChI is InChI=1S/C11H24N4O/c1-3-15-7-6-14(8-10(15)2)9-11(16)13-5-4-12/h10H,3-9,12H2,1-2H3,(H,13,16). The Bertz CT molecular complexity index is 222. The minimum absolute atomic E-state index is 0.0857. The van der Waals surface area contributed by atoms with Crippen molar-refractivity contribution in [2.24, 2.45) is 5.73 Å². The average molecular weight is 228 g/mol. The lowest BCUT2D eigenvalue weighted by molar-refractivity contribution is -0.122. The first kappa shape index (κ1) is 13.4. The summed E-state index contributed by atoms with van der Waals surface area (Å²) in [6.45, 7) is 10.1. The minimum atomic E-state index is 0.0857. The van der Waals surface area contributed by atoms with Gasteiger partial charge in [-0.1, -0.05) is 6.92 Å². The van der Waals surface area contributed by atoms with Gasteiger partial charge in [-0.05, 0) is 13.5 Å². The number of likely N-dealkylation sites (N-methyl/N-ethyl adjacent to an activating group) is 1. The van der Waals surface area contributed by atoms with Crippen LogP contribution < -0.4 is 11.1 Å². The molecule has 94 valence electrons. The Balaban J connectivity index is 2.26. The van der Waals surface area contributed by atoms with E-state index in [9.17, 15) is 4.79 Å². The predicted molar refractivity (Wildman–Crippen MR) is 65.2 cm³/mol. The second-order valence-electron chi connectivity index (χ2n) is 4.35. The molecule has 0 aromatic carbocycles. The molecule has 1 rings (SSSR count). The highest BCUT2D eigenvalue weighted by Gasteiger charge is 2.23. The SMILES string of the molecule is CCN1CCN(CC(=O)NCCN)CC1C. The first-order valence-electron chi connectivity index (χ1n) is 6.10. The fraction of sp³-hybridized carbons (Fsp3) is 0.909. The van der Waals surface area contributed by atoms with Gasteiger partial charge >= 0.3 is 0 Å². The van der Waals surface area contributed by atoms with Crippen LogP contribution in [0.15, 0.2) is 0 Å². The summed E-state index contributed by atoms with van der Waals surface area (Å²) in [5, 5.41) is 2.80. The molecule has 5 heteroatoms. The third-order valence-corrected chi connectivity index (χ3v) is 3.09. The van der Waals surface area contributed by atoms with Crippen molar-refractivity contribution in [2.75, 3.05) is 45.8 Å². The third kappa shape index (κ3) is 4.08. The highest BCUT2D eigenvalue weighted by Crippen LogP contribution is 2.08. The number of nitrogens with zero attached hydrogens (tertiary/aromatic N) is 2. The quantitative estimate of drug-likeness (QED) is 0.639. The molecule has 1 aliphatic heterocycles. The van der Waals surface area contributed by atoms with Gasteiger partial charge in [0.15, 0.2) is 0 Å². The average Bonchev–Trinajstić information content (AvgIpc) is 2.26. The van der Waals surface area contributed by atoms with Crippen LogP contribution in [0.1, 0.15) is 13.8 Å². The number of carbonyl (C=O) groups is 1. The van der Waals surface area contributed by atoms with Crippen LogP contribution in [0.3, 0.4) is 0 Å². The van der Waals surface area contributed by atoms with Gasteiger partial charge in [0.25, 0.3) is 0 Å². The number of rotatable bonds is 5. The summed E-state index contributed by atoms with van der Waals surface area (Å²) >= 11 is 0. The minimum Gasteiger partial charge on any atom is -0.354 e. The summed E-state index contributed by atoms with van der Waals surface area (Å²) < 4.78 is 0. The molecular formula is C11H24N4O. The monoisotopic (exact) mass is 228 g/mol. The van der Waals surface area contributed by atoms with Gasteiger partial charge in [-0.25, -0.2) is 0 Å². The fourth-order valence-corrected chi connectivity index (χ4v) is 2.15. The van der Waals surface area contributed by atoms with E-state index in [1.807, 2.05) is 0 Å². The van der Waals surface area contributed by atoms with E-state index in [-0.39, 0.29) is 5.91 Å². The van der Waals surface area contributed by atoms with Crippen molar-refractivity contribution in [1.29, 1.82) is 0 Å². The number of hydrogen-bond donors (Lipinski definition) is 2. The Morgan fingerprint density at radius 2 is 2.25 bits per heavy atom. The summed E-state index contributed by atoms with van der Waals surface area (Å²) in [5.41, 5.74) is 5.33. The van der Waals surface area contributed by atoms with Crippen LogP contribution in [0.5, 0.6) is 0 Å². The van der Waals surface area contributed by atoms with E-state index in [2.05, 4.69) is 29.0 Å². The number of piperazine rings is 1. The van der Waals surface area contributed by atoms with Crippen LogP contribution in [0, 0.1) is 0 Å². The van der Waals surface area contributed by atoms with E-state index < -0.39 is 0 Å². The maximum atomic E-state index is 11.5. The van der Waals surface area contributed by atoms with E-state index in [0.717, 1.165) is 26.2 Å². The van der Waals surface area contributed by atoms with Gasteiger partial charge in [-0.2, -0.15) is 0 Å². The number of nitrogens with two attached hydrogens (primary N) is 1. The first-order valence-corrected chi connectivity index (χ1v) is 6.10. The molecule has 3 N–H and O–H groups in total. The first-order chi connectivity index (χ1) is 7.67. The maximum Gasteiger partial charge on any atom is 0.234 e. The summed E-state index contributed by atoms with van der Waals surface area (Å²) in [6, 6.07) is 0.543. The van der Waals surface area contributed by atoms with Crippen LogP contribution in [0.25, 0.3) is 0 Å². The van der Waals surface area contributed by atoms with Crippen LogP contribution in [0.4, 0.5) is 0 Å². The number of carbonyl (C=O) groups excluding carboxylic acids is 1. The van der Waals surface area contributed by atoms with Gasteiger partial charge in [0.1, 0.15) is 0 Å². The van der Waals surface area contributed by atoms with Crippen molar-refractivity contribution < 1.29 is 4.79 Å². The van der Waals surface area contributed by atoms with Gasteiger partial charge < -0.3 is 11.1 Å². The number of nitrogens with one attached hydrogen (secondary N) is 1. The second-order valence-corrected chi connectivity index (χ2v) is 4.35. The van der Waals surface area contributed by atoms with Crippen LogP contribution in [0.2, 0.25) is 0 Å². The lowest BCUT2D eigenvalue weighted by Crippen LogP contribution is -2.53. The van der Waals surface area contributed by atoms with Crippen LogP contribution >= 0.6 is 0 Å². The maximum absolute atomic E-state index is 11.5. The lowest BCUT2D eigenvalue weighted by atomic mass is 10.2. The number of hydrogen-bond acceptors (Lipinski definition) is 4. The van der Waals surface area contributed by atoms with E-state index >= 15 is 0 Å². The molecule has 0 aromatic heterocycles. The van der Waals surface area contributed by atoms with E-state index in [1.165, 1.54) is 0 Å². The molecule has 0 spiro atoms. The van der Waals surface area contributed by atoms with Gasteiger partial charge in [0, 0.05) is 38.8 Å². The Labute approximate surface area is 98.0 Å². The van der Waals surface area contributed by atoms with Crippen molar-refractivity contribution in [3.05, 3.63) is 0 Å². The van der Waals surface area contributed by atoms with Gasteiger partial charge in [-0.3, -0.25) is 14.6 Å². The molecule has 1 aliphatic rings. The molecule has 0 bridgehead atoms. The summed E-state index contributed by atoms with van der Waals surface area (Å²) in [6.07, 6.45) is 0. The second kappa shape index (κ2) is 6.83. The molecule has 1 unspecified atom stereocenters. The van der Waals surface area contributed by atoms with Crippen molar-refractivity contribution in [3.63, 3.8) is 0 Å². The summed E-state index contributed by atoms with van der Waals surface area (Å²) in [7, 11) is 0. The number of amides is 1. The molecule has 1 fully saturated rings. The van der Waals surface area contributed by atoms with Crippen molar-refractivity contribution in [1.82, 2.24) is 15.1 Å². The molecule has 1 saturated heterocycles. The molecule has 0 aliphatic carbocycles. The molecule has 5 nitrogen and oxygen atoms in total. The smallest absolute Gasteiger partial charge is 0.234 e. The lowest BCUT2D eigenvalue weighted by Gasteiger charge is -2.38. The van der Waals surface area contributed by atoms with Gasteiger partial charge in [-0.15, -0.1) is 0 Å². The van der Waals surface area contributed by atoms with Crippen molar-refractivity contribution in [2.45, 2.75) is 19.9 Å². The van der Waals surface area contributed by atoms with Crippen LogP contribution in [-0.2, 0) is 4.79 Å². The summed E-state index contributed by atoms with van der Waals surface area (Å²) in [4.78, 5) is 16.2. The highest BCUT2D eigenvalue weighted by molar-refractivity contribution is 5.78. The zero-order chi connectivity index (χ0) is 12.0. The highest BCUT2D eigenvalue weighted by atomic mass is 16.2. The largest absolute Gasteiger partial charge is 0.354 e. The molecule has 1 atom stereocenters.